The van der Waals surface area contributed by atoms with Crippen LogP contribution in [0.5, 0.6) is 0 Å². The highest BCUT2D eigenvalue weighted by Gasteiger charge is 2.11. The highest BCUT2D eigenvalue weighted by molar-refractivity contribution is 6.44. The number of rotatable bonds is 6. The first-order valence-electron chi connectivity index (χ1n) is 5.99. The molecule has 0 bridgehead atoms. The predicted molar refractivity (Wildman–Crippen MR) is 78.7 cm³/mol. The maximum atomic E-state index is 6.14. The minimum Gasteiger partial charge on any atom is -0.381 e. The molecule has 0 unspecified atom stereocenters. The molecule has 0 fully saturated rings. The molecule has 0 spiro atoms. The van der Waals surface area contributed by atoms with E-state index in [1.807, 2.05) is 0 Å². The number of hydrogen-bond donors (Lipinski definition) is 1. The Hall–Kier alpha value is -0.110. The van der Waals surface area contributed by atoms with Gasteiger partial charge in [-0.3, -0.25) is 0 Å². The molecule has 1 N–H and O–H groups in total. The molecule has 0 aliphatic rings. The van der Waals surface area contributed by atoms with Gasteiger partial charge in [0.2, 0.25) is 0 Å². The minimum atomic E-state index is 0.444. The first-order chi connectivity index (χ1) is 8.08. The average Bonchev–Trinajstić information content (AvgIpc) is 2.26. The fourth-order valence-electron chi connectivity index (χ4n) is 1.84. The van der Waals surface area contributed by atoms with Crippen molar-refractivity contribution in [3.63, 3.8) is 0 Å². The number of nitrogens with one attached hydrogen (secondary N) is 1. The van der Waals surface area contributed by atoms with Crippen molar-refractivity contribution in [1.82, 2.24) is 0 Å². The van der Waals surface area contributed by atoms with Crippen LogP contribution < -0.4 is 5.32 Å². The standard InChI is InChI=1S/C13H18Cl3N/c1-3-5-9(6-4-2)17-13-8-11(15)10(14)7-12(13)16/h7-9,17H,3-6H2,1-2H3. The van der Waals surface area contributed by atoms with E-state index in [0.29, 0.717) is 21.1 Å². The second kappa shape index (κ2) is 7.35. The number of halogens is 3. The highest BCUT2D eigenvalue weighted by Crippen LogP contribution is 2.33. The van der Waals surface area contributed by atoms with Crippen molar-refractivity contribution in [3.05, 3.63) is 27.2 Å². The number of anilines is 1. The summed E-state index contributed by atoms with van der Waals surface area (Å²) in [5, 5.41) is 5.09. The van der Waals surface area contributed by atoms with E-state index < -0.39 is 0 Å². The second-order valence-electron chi connectivity index (χ2n) is 4.16. The van der Waals surface area contributed by atoms with Gasteiger partial charge in [0.1, 0.15) is 0 Å². The molecule has 0 atom stereocenters. The van der Waals surface area contributed by atoms with Crippen LogP contribution in [-0.4, -0.2) is 6.04 Å². The Morgan fingerprint density at radius 3 is 2.00 bits per heavy atom. The lowest BCUT2D eigenvalue weighted by Crippen LogP contribution is -2.19. The molecule has 0 radical (unpaired) electrons. The molecular weight excluding hydrogens is 277 g/mol. The van der Waals surface area contributed by atoms with Crippen molar-refractivity contribution in [3.8, 4) is 0 Å². The van der Waals surface area contributed by atoms with Crippen LogP contribution in [0, 0.1) is 0 Å². The monoisotopic (exact) mass is 293 g/mol. The molecule has 17 heavy (non-hydrogen) atoms. The molecule has 0 aromatic heterocycles. The smallest absolute Gasteiger partial charge is 0.0653 e. The van der Waals surface area contributed by atoms with Crippen molar-refractivity contribution >= 4 is 40.5 Å². The third-order valence-corrected chi connectivity index (χ3v) is 3.68. The Labute approximate surface area is 118 Å². The molecule has 4 heteroatoms. The normalized spacial score (nSPS) is 10.9. The molecule has 96 valence electrons. The molecule has 0 heterocycles. The van der Waals surface area contributed by atoms with E-state index in [4.69, 9.17) is 34.8 Å². The average molecular weight is 295 g/mol. The van der Waals surface area contributed by atoms with Gasteiger partial charge in [0.15, 0.2) is 0 Å². The predicted octanol–water partition coefficient (Wildman–Crippen LogP) is 6.03. The summed E-state index contributed by atoms with van der Waals surface area (Å²) in [7, 11) is 0. The van der Waals surface area contributed by atoms with Crippen LogP contribution in [0.25, 0.3) is 0 Å². The summed E-state index contributed by atoms with van der Waals surface area (Å²) >= 11 is 18.0. The second-order valence-corrected chi connectivity index (χ2v) is 5.39. The highest BCUT2D eigenvalue weighted by atomic mass is 35.5. The summed E-state index contributed by atoms with van der Waals surface area (Å²) in [5.41, 5.74) is 0.868. The Balaban J connectivity index is 2.81. The van der Waals surface area contributed by atoms with Crippen LogP contribution in [0.3, 0.4) is 0 Å². The summed E-state index contributed by atoms with van der Waals surface area (Å²) in [6, 6.07) is 3.92. The molecule has 0 amide bonds. The van der Waals surface area contributed by atoms with Gasteiger partial charge in [-0.25, -0.2) is 0 Å². The first kappa shape index (κ1) is 14.9. The van der Waals surface area contributed by atoms with Gasteiger partial charge in [-0.05, 0) is 25.0 Å². The van der Waals surface area contributed by atoms with Gasteiger partial charge in [-0.2, -0.15) is 0 Å². The van der Waals surface area contributed by atoms with Crippen molar-refractivity contribution in [1.29, 1.82) is 0 Å². The molecule has 1 aromatic carbocycles. The maximum Gasteiger partial charge on any atom is 0.0653 e. The minimum absolute atomic E-state index is 0.444. The Morgan fingerprint density at radius 2 is 1.47 bits per heavy atom. The molecular formula is C13H18Cl3N. The quantitative estimate of drug-likeness (QED) is 0.632. The van der Waals surface area contributed by atoms with Gasteiger partial charge in [-0.1, -0.05) is 61.5 Å². The molecule has 0 aliphatic carbocycles. The molecule has 0 saturated heterocycles. The van der Waals surface area contributed by atoms with Crippen molar-refractivity contribution < 1.29 is 0 Å². The van der Waals surface area contributed by atoms with E-state index >= 15 is 0 Å². The topological polar surface area (TPSA) is 12.0 Å². The van der Waals surface area contributed by atoms with Crippen molar-refractivity contribution in [2.45, 2.75) is 45.6 Å². The van der Waals surface area contributed by atoms with E-state index in [0.717, 1.165) is 31.4 Å². The summed E-state index contributed by atoms with van der Waals surface area (Å²) in [5.74, 6) is 0. The van der Waals surface area contributed by atoms with Gasteiger partial charge in [0.25, 0.3) is 0 Å². The van der Waals surface area contributed by atoms with E-state index in [-0.39, 0.29) is 0 Å². The summed E-state index contributed by atoms with van der Waals surface area (Å²) in [4.78, 5) is 0. The van der Waals surface area contributed by atoms with Crippen LogP contribution in [-0.2, 0) is 0 Å². The molecule has 1 nitrogen and oxygen atoms in total. The summed E-state index contributed by atoms with van der Waals surface area (Å²) < 4.78 is 0. The largest absolute Gasteiger partial charge is 0.381 e. The van der Waals surface area contributed by atoms with Gasteiger partial charge in [-0.15, -0.1) is 0 Å². The van der Waals surface area contributed by atoms with Crippen LogP contribution in [0.1, 0.15) is 39.5 Å². The van der Waals surface area contributed by atoms with E-state index in [9.17, 15) is 0 Å². The molecule has 1 rings (SSSR count). The van der Waals surface area contributed by atoms with Crippen molar-refractivity contribution in [2.24, 2.45) is 0 Å². The van der Waals surface area contributed by atoms with Crippen LogP contribution in [0.2, 0.25) is 15.1 Å². The fourth-order valence-corrected chi connectivity index (χ4v) is 2.44. The number of benzene rings is 1. The maximum absolute atomic E-state index is 6.14. The Kier molecular flexibility index (Phi) is 6.47. The third-order valence-electron chi connectivity index (χ3n) is 2.64. The third kappa shape index (κ3) is 4.57. The van der Waals surface area contributed by atoms with E-state index in [2.05, 4.69) is 19.2 Å². The first-order valence-corrected chi connectivity index (χ1v) is 7.12. The zero-order chi connectivity index (χ0) is 12.8. The summed E-state index contributed by atoms with van der Waals surface area (Å²) in [6.07, 6.45) is 4.56. The summed E-state index contributed by atoms with van der Waals surface area (Å²) in [6.45, 7) is 4.36. The zero-order valence-corrected chi connectivity index (χ0v) is 12.5. The van der Waals surface area contributed by atoms with Gasteiger partial charge in [0.05, 0.1) is 20.8 Å². The lowest BCUT2D eigenvalue weighted by Gasteiger charge is -2.20. The van der Waals surface area contributed by atoms with Gasteiger partial charge in [0, 0.05) is 6.04 Å². The van der Waals surface area contributed by atoms with Gasteiger partial charge >= 0.3 is 0 Å². The lowest BCUT2D eigenvalue weighted by molar-refractivity contribution is 0.586. The molecule has 1 aromatic rings. The van der Waals surface area contributed by atoms with Crippen molar-refractivity contribution in [2.75, 3.05) is 5.32 Å². The molecule has 0 aliphatic heterocycles. The SMILES string of the molecule is CCCC(CCC)Nc1cc(Cl)c(Cl)cc1Cl. The fraction of sp³-hybridized carbons (Fsp3) is 0.538. The number of hydrogen-bond acceptors (Lipinski definition) is 1. The zero-order valence-electron chi connectivity index (χ0n) is 10.2. The van der Waals surface area contributed by atoms with Crippen LogP contribution in [0.4, 0.5) is 5.69 Å². The molecule has 0 saturated carbocycles. The lowest BCUT2D eigenvalue weighted by atomic mass is 10.1. The van der Waals surface area contributed by atoms with Crippen LogP contribution in [0.15, 0.2) is 12.1 Å². The van der Waals surface area contributed by atoms with E-state index in [1.165, 1.54) is 0 Å². The Bertz CT molecular complexity index is 360. The van der Waals surface area contributed by atoms with E-state index in [1.54, 1.807) is 12.1 Å². The van der Waals surface area contributed by atoms with Gasteiger partial charge < -0.3 is 5.32 Å². The Morgan fingerprint density at radius 1 is 0.941 bits per heavy atom. The van der Waals surface area contributed by atoms with Crippen LogP contribution >= 0.6 is 34.8 Å².